The predicted molar refractivity (Wildman–Crippen MR) is 97.9 cm³/mol. The molecule has 0 atom stereocenters. The molecule has 0 bridgehead atoms. The zero-order chi connectivity index (χ0) is 17.8. The molecule has 0 aliphatic carbocycles. The van der Waals surface area contributed by atoms with E-state index < -0.39 is 5.97 Å². The lowest BCUT2D eigenvalue weighted by atomic mass is 10.1. The molecule has 6 heteroatoms. The number of carboxylic acids is 1. The molecule has 3 rings (SSSR count). The molecule has 2 aromatic carbocycles. The highest BCUT2D eigenvalue weighted by Crippen LogP contribution is 2.22. The standard InChI is InChI=1S/C19H18N4O2/c1-12-6-7-16(13(2)8-12)23-18-10-17(20-11-21-18)22-15-5-3-4-14(9-15)19(24)25/h3-11H,1-2H3,(H,24,25)(H2,20,21,22,23). The highest BCUT2D eigenvalue weighted by atomic mass is 16.4. The number of nitrogens with one attached hydrogen (secondary N) is 2. The summed E-state index contributed by atoms with van der Waals surface area (Å²) in [6, 6.07) is 14.5. The molecule has 0 saturated heterocycles. The Kier molecular flexibility index (Phi) is 4.61. The SMILES string of the molecule is Cc1ccc(Nc2cc(Nc3cccc(C(=O)O)c3)ncn2)c(C)c1. The van der Waals surface area contributed by atoms with Crippen molar-refractivity contribution in [3.63, 3.8) is 0 Å². The van der Waals surface area contributed by atoms with Gasteiger partial charge in [0.15, 0.2) is 0 Å². The van der Waals surface area contributed by atoms with Gasteiger partial charge in [0.05, 0.1) is 5.56 Å². The molecule has 0 spiro atoms. The van der Waals surface area contributed by atoms with Crippen LogP contribution in [-0.4, -0.2) is 21.0 Å². The van der Waals surface area contributed by atoms with Crippen LogP contribution in [0.3, 0.4) is 0 Å². The number of aryl methyl sites for hydroxylation is 2. The van der Waals surface area contributed by atoms with E-state index in [-0.39, 0.29) is 5.56 Å². The summed E-state index contributed by atoms with van der Waals surface area (Å²) in [5.41, 5.74) is 4.17. The maximum absolute atomic E-state index is 11.1. The highest BCUT2D eigenvalue weighted by Gasteiger charge is 2.05. The summed E-state index contributed by atoms with van der Waals surface area (Å²) in [5.74, 6) is 0.257. The Morgan fingerprint density at radius 1 is 0.960 bits per heavy atom. The average molecular weight is 334 g/mol. The van der Waals surface area contributed by atoms with Gasteiger partial charge in [-0.2, -0.15) is 0 Å². The van der Waals surface area contributed by atoms with Gasteiger partial charge >= 0.3 is 5.97 Å². The van der Waals surface area contributed by atoms with E-state index in [2.05, 4.69) is 33.6 Å². The van der Waals surface area contributed by atoms with E-state index in [1.165, 1.54) is 11.9 Å². The van der Waals surface area contributed by atoms with Crippen molar-refractivity contribution >= 4 is 29.0 Å². The second-order valence-electron chi connectivity index (χ2n) is 5.74. The lowest BCUT2D eigenvalue weighted by molar-refractivity contribution is 0.0697. The van der Waals surface area contributed by atoms with Crippen LogP contribution in [0.1, 0.15) is 21.5 Å². The Labute approximate surface area is 145 Å². The molecule has 6 nitrogen and oxygen atoms in total. The van der Waals surface area contributed by atoms with Gasteiger partial charge in [0.2, 0.25) is 0 Å². The van der Waals surface area contributed by atoms with Gasteiger partial charge in [-0.05, 0) is 43.7 Å². The Balaban J connectivity index is 1.79. The highest BCUT2D eigenvalue weighted by molar-refractivity contribution is 5.89. The summed E-state index contributed by atoms with van der Waals surface area (Å²) in [5, 5.41) is 15.4. The first kappa shape index (κ1) is 16.4. The van der Waals surface area contributed by atoms with Crippen LogP contribution in [-0.2, 0) is 0 Å². The quantitative estimate of drug-likeness (QED) is 0.645. The van der Waals surface area contributed by atoms with E-state index >= 15 is 0 Å². The van der Waals surface area contributed by atoms with Crippen molar-refractivity contribution in [2.75, 3.05) is 10.6 Å². The van der Waals surface area contributed by atoms with Gasteiger partial charge < -0.3 is 15.7 Å². The van der Waals surface area contributed by atoms with E-state index in [4.69, 9.17) is 5.11 Å². The van der Waals surface area contributed by atoms with Crippen LogP contribution in [0.2, 0.25) is 0 Å². The second-order valence-corrected chi connectivity index (χ2v) is 5.74. The van der Waals surface area contributed by atoms with E-state index in [0.717, 1.165) is 11.3 Å². The molecule has 25 heavy (non-hydrogen) atoms. The molecule has 3 N–H and O–H groups in total. The molecule has 0 aliphatic heterocycles. The van der Waals surface area contributed by atoms with Crippen molar-refractivity contribution in [2.45, 2.75) is 13.8 Å². The fraction of sp³-hybridized carbons (Fsp3) is 0.105. The number of aromatic nitrogens is 2. The van der Waals surface area contributed by atoms with Crippen LogP contribution >= 0.6 is 0 Å². The van der Waals surface area contributed by atoms with E-state index in [1.54, 1.807) is 30.3 Å². The number of aromatic carboxylic acids is 1. The normalized spacial score (nSPS) is 10.3. The minimum atomic E-state index is -0.969. The van der Waals surface area contributed by atoms with Crippen molar-refractivity contribution in [3.05, 3.63) is 71.5 Å². The topological polar surface area (TPSA) is 87.1 Å². The summed E-state index contributed by atoms with van der Waals surface area (Å²) >= 11 is 0. The van der Waals surface area contributed by atoms with Crippen LogP contribution in [0, 0.1) is 13.8 Å². The minimum Gasteiger partial charge on any atom is -0.478 e. The zero-order valence-electron chi connectivity index (χ0n) is 13.9. The van der Waals surface area contributed by atoms with Crippen molar-refractivity contribution in [1.29, 1.82) is 0 Å². The third-order valence-corrected chi connectivity index (χ3v) is 3.69. The Bertz CT molecular complexity index is 925. The van der Waals surface area contributed by atoms with Gasteiger partial charge in [-0.3, -0.25) is 0 Å². The first-order valence-corrected chi connectivity index (χ1v) is 7.78. The van der Waals surface area contributed by atoms with Crippen LogP contribution in [0.25, 0.3) is 0 Å². The molecule has 0 fully saturated rings. The monoisotopic (exact) mass is 334 g/mol. The van der Waals surface area contributed by atoms with Crippen molar-refractivity contribution < 1.29 is 9.90 Å². The van der Waals surface area contributed by atoms with Gasteiger partial charge in [0.25, 0.3) is 0 Å². The maximum Gasteiger partial charge on any atom is 0.335 e. The fourth-order valence-corrected chi connectivity index (χ4v) is 2.46. The van der Waals surface area contributed by atoms with Crippen LogP contribution in [0.5, 0.6) is 0 Å². The first-order valence-electron chi connectivity index (χ1n) is 7.78. The Morgan fingerprint density at radius 3 is 2.44 bits per heavy atom. The predicted octanol–water partition coefficient (Wildman–Crippen LogP) is 4.28. The number of anilines is 4. The molecule has 1 aromatic heterocycles. The molecule has 0 saturated carbocycles. The Hall–Kier alpha value is -3.41. The molecule has 0 aliphatic rings. The van der Waals surface area contributed by atoms with E-state index in [9.17, 15) is 4.79 Å². The Morgan fingerprint density at radius 2 is 1.72 bits per heavy atom. The van der Waals surface area contributed by atoms with Crippen LogP contribution in [0.15, 0.2) is 54.9 Å². The summed E-state index contributed by atoms with van der Waals surface area (Å²) in [4.78, 5) is 19.5. The van der Waals surface area contributed by atoms with Gasteiger partial charge in [-0.1, -0.05) is 23.8 Å². The molecular weight excluding hydrogens is 316 g/mol. The zero-order valence-corrected chi connectivity index (χ0v) is 13.9. The van der Waals surface area contributed by atoms with Crippen molar-refractivity contribution in [1.82, 2.24) is 9.97 Å². The third-order valence-electron chi connectivity index (χ3n) is 3.69. The summed E-state index contributed by atoms with van der Waals surface area (Å²) in [6.07, 6.45) is 1.45. The number of benzene rings is 2. The minimum absolute atomic E-state index is 0.215. The molecule has 3 aromatic rings. The molecule has 1 heterocycles. The van der Waals surface area contributed by atoms with Gasteiger partial charge in [-0.25, -0.2) is 14.8 Å². The van der Waals surface area contributed by atoms with Gasteiger partial charge in [0.1, 0.15) is 18.0 Å². The number of nitrogens with zero attached hydrogens (tertiary/aromatic N) is 2. The lowest BCUT2D eigenvalue weighted by Crippen LogP contribution is -2.01. The van der Waals surface area contributed by atoms with Gasteiger partial charge in [0, 0.05) is 17.4 Å². The molecule has 0 amide bonds. The number of hydrogen-bond acceptors (Lipinski definition) is 5. The molecular formula is C19H18N4O2. The fourth-order valence-electron chi connectivity index (χ4n) is 2.46. The number of carboxylic acid groups (broad SMARTS) is 1. The molecule has 126 valence electrons. The summed E-state index contributed by atoms with van der Waals surface area (Å²) in [7, 11) is 0. The smallest absolute Gasteiger partial charge is 0.335 e. The summed E-state index contributed by atoms with van der Waals surface area (Å²) in [6.45, 7) is 4.09. The number of carbonyl (C=O) groups is 1. The van der Waals surface area contributed by atoms with Crippen molar-refractivity contribution in [3.8, 4) is 0 Å². The van der Waals surface area contributed by atoms with E-state index in [0.29, 0.717) is 17.3 Å². The maximum atomic E-state index is 11.1. The summed E-state index contributed by atoms with van der Waals surface area (Å²) < 4.78 is 0. The number of rotatable bonds is 5. The van der Waals surface area contributed by atoms with E-state index in [1.807, 2.05) is 19.1 Å². The second kappa shape index (κ2) is 7.00. The average Bonchev–Trinajstić information content (AvgIpc) is 2.58. The molecule has 0 unspecified atom stereocenters. The number of hydrogen-bond donors (Lipinski definition) is 3. The van der Waals surface area contributed by atoms with Crippen LogP contribution < -0.4 is 10.6 Å². The molecule has 0 radical (unpaired) electrons. The van der Waals surface area contributed by atoms with Crippen molar-refractivity contribution in [2.24, 2.45) is 0 Å². The lowest BCUT2D eigenvalue weighted by Gasteiger charge is -2.11. The van der Waals surface area contributed by atoms with Gasteiger partial charge in [-0.15, -0.1) is 0 Å². The van der Waals surface area contributed by atoms with Crippen LogP contribution in [0.4, 0.5) is 23.0 Å². The third kappa shape index (κ3) is 4.11. The largest absolute Gasteiger partial charge is 0.478 e. The first-order chi connectivity index (χ1) is 12.0.